The first kappa shape index (κ1) is 29.8. The van der Waals surface area contributed by atoms with Crippen molar-refractivity contribution in [2.45, 2.75) is 49.2 Å². The molecule has 0 saturated carbocycles. The highest BCUT2D eigenvalue weighted by Crippen LogP contribution is 2.54. The SMILES string of the molecule is Nc1ncnc2c1ncn2[C@@H]1O[C@@H]2COP(=O)(O)O[C@H]3[C@@H](F)[C@H](n4cnc5c(=O)[nH]cnc54)O[C@@H]3COP(O)(=S)O[C@H]2[C@H]1F. The smallest absolute Gasteiger partial charge is 0.382 e. The van der Waals surface area contributed by atoms with Crippen molar-refractivity contribution in [3.05, 3.63) is 35.7 Å². The molecular formula is C20H21F2N9O10P2S. The molecule has 3 fully saturated rings. The number of aromatic amines is 1. The summed E-state index contributed by atoms with van der Waals surface area (Å²) in [7, 11) is -5.10. The summed E-state index contributed by atoms with van der Waals surface area (Å²) in [6.07, 6.45) is -9.27. The van der Waals surface area contributed by atoms with Crippen LogP contribution in [0.2, 0.25) is 0 Å². The number of nitrogens with one attached hydrogen (secondary N) is 1. The van der Waals surface area contributed by atoms with Crippen LogP contribution in [0.15, 0.2) is 30.1 Å². The molecule has 0 amide bonds. The third kappa shape index (κ3) is 5.14. The monoisotopic (exact) mass is 679 g/mol. The van der Waals surface area contributed by atoms with Crippen molar-refractivity contribution in [2.75, 3.05) is 18.9 Å². The summed E-state index contributed by atoms with van der Waals surface area (Å²) >= 11 is 5.10. The fourth-order valence-corrected chi connectivity index (χ4v) is 7.56. The second kappa shape index (κ2) is 10.9. The number of aromatic nitrogens is 8. The number of H-pyrrole nitrogens is 1. The van der Waals surface area contributed by atoms with E-state index in [2.05, 4.69) is 29.9 Å². The molecule has 4 aromatic rings. The maximum absolute atomic E-state index is 15.9. The molecule has 10 atom stereocenters. The van der Waals surface area contributed by atoms with E-state index in [1.807, 2.05) is 0 Å². The number of anilines is 1. The predicted molar refractivity (Wildman–Crippen MR) is 143 cm³/mol. The van der Waals surface area contributed by atoms with E-state index in [4.69, 9.17) is 45.1 Å². The minimum absolute atomic E-state index is 0.0261. The fourth-order valence-electron chi connectivity index (χ4n) is 5.17. The molecule has 7 heterocycles. The van der Waals surface area contributed by atoms with Crippen LogP contribution in [-0.4, -0.2) is 98.8 Å². The highest BCUT2D eigenvalue weighted by Gasteiger charge is 2.54. The lowest BCUT2D eigenvalue weighted by atomic mass is 10.1. The van der Waals surface area contributed by atoms with Gasteiger partial charge in [-0.05, 0) is 11.8 Å². The zero-order valence-electron chi connectivity index (χ0n) is 21.8. The molecule has 3 saturated heterocycles. The fraction of sp³-hybridized carbons (Fsp3) is 0.500. The predicted octanol–water partition coefficient (Wildman–Crippen LogP) is 0.147. The average molecular weight is 679 g/mol. The number of imidazole rings is 2. The van der Waals surface area contributed by atoms with Gasteiger partial charge in [0.05, 0.1) is 32.2 Å². The maximum Gasteiger partial charge on any atom is 0.472 e. The minimum Gasteiger partial charge on any atom is -0.382 e. The molecule has 24 heteroatoms. The van der Waals surface area contributed by atoms with Crippen LogP contribution in [0.1, 0.15) is 12.5 Å². The number of nitrogen functional groups attached to an aromatic ring is 1. The second-order valence-electron chi connectivity index (χ2n) is 9.83. The summed E-state index contributed by atoms with van der Waals surface area (Å²) in [4.78, 5) is 55.6. The van der Waals surface area contributed by atoms with Gasteiger partial charge in [-0.2, -0.15) is 0 Å². The minimum atomic E-state index is -5.10. The van der Waals surface area contributed by atoms with Gasteiger partial charge in [0.2, 0.25) is 0 Å². The first-order valence-corrected chi connectivity index (χ1v) is 16.7. The van der Waals surface area contributed by atoms with E-state index < -0.39 is 82.5 Å². The van der Waals surface area contributed by atoms with Gasteiger partial charge in [0.15, 0.2) is 47.4 Å². The Morgan fingerprint density at radius 1 is 0.909 bits per heavy atom. The first-order chi connectivity index (χ1) is 20.9. The van der Waals surface area contributed by atoms with E-state index >= 15 is 8.78 Å². The van der Waals surface area contributed by atoms with Gasteiger partial charge in [-0.15, -0.1) is 0 Å². The van der Waals surface area contributed by atoms with Crippen LogP contribution < -0.4 is 11.3 Å². The van der Waals surface area contributed by atoms with Crippen LogP contribution in [0, 0.1) is 0 Å². The lowest BCUT2D eigenvalue weighted by Crippen LogP contribution is -2.37. The Hall–Kier alpha value is -2.88. The number of hydrogen-bond acceptors (Lipinski definition) is 15. The van der Waals surface area contributed by atoms with Gasteiger partial charge in [0, 0.05) is 0 Å². The van der Waals surface area contributed by atoms with Crippen LogP contribution in [0.5, 0.6) is 0 Å². The number of phosphoric acid groups is 1. The van der Waals surface area contributed by atoms with E-state index in [1.165, 1.54) is 10.9 Å². The largest absolute Gasteiger partial charge is 0.472 e. The molecule has 0 radical (unpaired) electrons. The number of fused-ring (bicyclic) bond motifs is 4. The molecule has 236 valence electrons. The highest BCUT2D eigenvalue weighted by atomic mass is 32.5. The van der Waals surface area contributed by atoms with Crippen molar-refractivity contribution in [1.82, 2.24) is 39.0 Å². The zero-order valence-corrected chi connectivity index (χ0v) is 24.4. The summed E-state index contributed by atoms with van der Waals surface area (Å²) in [6, 6.07) is 0. The van der Waals surface area contributed by atoms with Crippen molar-refractivity contribution >= 4 is 54.5 Å². The Kier molecular flexibility index (Phi) is 7.37. The standard InChI is InChI=1S/C20H21F2N9O10P2S/c21-9-13-8(39-19(9)31-6-29-12-17(31)26-4-27-18(12)32)2-37-43(35,44)41-14-7(1-36-42(33,34)40-13)38-20(10(14)22)30-5-28-11-15(23)24-3-25-16(11)30/h3-10,13-14,19-20H,1-2H2,(H,33,34)(H,35,44)(H2,23,24,25)(H,26,27,32)/t7-,8-,9-,10-,13-,14-,19-,20-,43?/m1/s1. The summed E-state index contributed by atoms with van der Waals surface area (Å²) in [5, 5.41) is 0. The molecule has 7 rings (SSSR count). The Morgan fingerprint density at radius 2 is 1.50 bits per heavy atom. The number of alkyl halides is 2. The van der Waals surface area contributed by atoms with Crippen LogP contribution >= 0.6 is 14.5 Å². The molecule has 0 spiro atoms. The lowest BCUT2D eigenvalue weighted by Gasteiger charge is -2.28. The summed E-state index contributed by atoms with van der Waals surface area (Å²) in [5.41, 5.74) is 5.31. The van der Waals surface area contributed by atoms with Crippen molar-refractivity contribution in [2.24, 2.45) is 0 Å². The van der Waals surface area contributed by atoms with Gasteiger partial charge >= 0.3 is 14.5 Å². The van der Waals surface area contributed by atoms with E-state index in [0.29, 0.717) is 0 Å². The van der Waals surface area contributed by atoms with Gasteiger partial charge in [-0.25, -0.2) is 38.3 Å². The van der Waals surface area contributed by atoms with Crippen molar-refractivity contribution in [3.63, 3.8) is 0 Å². The number of hydrogen-bond donors (Lipinski definition) is 4. The van der Waals surface area contributed by atoms with E-state index in [-0.39, 0.29) is 28.1 Å². The highest BCUT2D eigenvalue weighted by molar-refractivity contribution is 8.07. The van der Waals surface area contributed by atoms with Crippen LogP contribution in [-0.2, 0) is 43.9 Å². The van der Waals surface area contributed by atoms with Crippen LogP contribution in [0.25, 0.3) is 22.3 Å². The number of ether oxygens (including phenoxy) is 2. The van der Waals surface area contributed by atoms with Crippen molar-refractivity contribution in [3.8, 4) is 0 Å². The number of nitrogens with zero attached hydrogens (tertiary/aromatic N) is 7. The molecule has 4 aromatic heterocycles. The van der Waals surface area contributed by atoms with Crippen LogP contribution in [0.3, 0.4) is 0 Å². The Morgan fingerprint density at radius 3 is 2.18 bits per heavy atom. The first-order valence-electron chi connectivity index (χ1n) is 12.7. The van der Waals surface area contributed by atoms with Crippen LogP contribution in [0.4, 0.5) is 14.6 Å². The summed E-state index contributed by atoms with van der Waals surface area (Å²) in [6.45, 7) is -5.86. The zero-order chi connectivity index (χ0) is 31.0. The number of halogens is 2. The molecule has 3 aliphatic rings. The van der Waals surface area contributed by atoms with Gasteiger partial charge in [-0.1, -0.05) is 0 Å². The average Bonchev–Trinajstić information content (AvgIpc) is 3.73. The second-order valence-corrected chi connectivity index (χ2v) is 14.0. The number of rotatable bonds is 2. The Labute approximate surface area is 248 Å². The quantitative estimate of drug-likeness (QED) is 0.206. The lowest BCUT2D eigenvalue weighted by molar-refractivity contribution is -0.0623. The maximum atomic E-state index is 15.9. The van der Waals surface area contributed by atoms with E-state index in [9.17, 15) is 19.1 Å². The van der Waals surface area contributed by atoms with Gasteiger partial charge in [0.1, 0.15) is 36.3 Å². The molecule has 0 bridgehead atoms. The van der Waals surface area contributed by atoms with Crippen molar-refractivity contribution in [1.29, 1.82) is 0 Å². The van der Waals surface area contributed by atoms with E-state index in [1.54, 1.807) is 0 Å². The number of phosphoric ester groups is 1. The molecule has 5 N–H and O–H groups in total. The van der Waals surface area contributed by atoms with E-state index in [0.717, 1.165) is 23.5 Å². The molecular weight excluding hydrogens is 658 g/mol. The summed E-state index contributed by atoms with van der Waals surface area (Å²) in [5.74, 6) is 0.0261. The molecule has 3 aliphatic heterocycles. The molecule has 44 heavy (non-hydrogen) atoms. The van der Waals surface area contributed by atoms with Gasteiger partial charge in [0.25, 0.3) is 5.56 Å². The topological polar surface area (TPSA) is 246 Å². The van der Waals surface area contributed by atoms with Gasteiger partial charge in [-0.3, -0.25) is 27.5 Å². The third-order valence-corrected chi connectivity index (χ3v) is 9.69. The van der Waals surface area contributed by atoms with Crippen molar-refractivity contribution < 1.29 is 50.7 Å². The molecule has 0 aromatic carbocycles. The molecule has 2 unspecified atom stereocenters. The summed E-state index contributed by atoms with van der Waals surface area (Å²) < 4.78 is 79.6. The normalized spacial score (nSPS) is 38.3. The van der Waals surface area contributed by atoms with Gasteiger partial charge < -0.3 is 34.5 Å². The molecule has 0 aliphatic carbocycles. The molecule has 19 nitrogen and oxygen atoms in total. The Bertz CT molecular complexity index is 1900. The third-order valence-electron chi connectivity index (χ3n) is 7.15. The Balaban J connectivity index is 1.17. The number of nitrogens with two attached hydrogens (primary N) is 1.